The van der Waals surface area contributed by atoms with Crippen LogP contribution in [0.2, 0.25) is 0 Å². The third-order valence-corrected chi connectivity index (χ3v) is 1.88. The molecule has 66 valence electrons. The molecule has 0 nitrogen and oxygen atoms in total. The van der Waals surface area contributed by atoms with Crippen molar-refractivity contribution in [3.05, 3.63) is 60.7 Å². The van der Waals surface area contributed by atoms with Crippen molar-refractivity contribution in [2.24, 2.45) is 0 Å². The molecule has 0 bridgehead atoms. The van der Waals surface area contributed by atoms with Gasteiger partial charge in [0.15, 0.2) is 0 Å². The van der Waals surface area contributed by atoms with Crippen LogP contribution < -0.4 is 12.4 Å². The maximum absolute atomic E-state index is 2.12. The molecule has 2 aromatic carbocycles. The van der Waals surface area contributed by atoms with E-state index in [9.17, 15) is 0 Å². The van der Waals surface area contributed by atoms with Gasteiger partial charge in [0, 0.05) is 0 Å². The molecule has 0 atom stereocenters. The summed E-state index contributed by atoms with van der Waals surface area (Å²) in [5.74, 6) is 0. The molecule has 0 radical (unpaired) electrons. The molecule has 0 aliphatic rings. The lowest BCUT2D eigenvalue weighted by molar-refractivity contribution is -0.00000232. The zero-order valence-corrected chi connectivity index (χ0v) is 7.91. The summed E-state index contributed by atoms with van der Waals surface area (Å²) in [5, 5.41) is 0. The van der Waals surface area contributed by atoms with E-state index in [0.717, 1.165) is 0 Å². The zero-order valence-electron chi connectivity index (χ0n) is 7.15. The zero-order chi connectivity index (χ0) is 8.23. The van der Waals surface area contributed by atoms with E-state index in [0.29, 0.717) is 0 Å². The molecule has 0 fully saturated rings. The van der Waals surface area contributed by atoms with Gasteiger partial charge >= 0.3 is 0 Å². The Morgan fingerprint density at radius 1 is 0.462 bits per heavy atom. The van der Waals surface area contributed by atoms with E-state index in [1.54, 1.807) is 0 Å². The summed E-state index contributed by atoms with van der Waals surface area (Å²) in [6.07, 6.45) is 0. The molecule has 2 rings (SSSR count). The summed E-state index contributed by atoms with van der Waals surface area (Å²) < 4.78 is 0. The van der Waals surface area contributed by atoms with Gasteiger partial charge in [-0.1, -0.05) is 60.7 Å². The van der Waals surface area contributed by atoms with Crippen molar-refractivity contribution in [1.29, 1.82) is 0 Å². The molecule has 1 heteroatoms. The van der Waals surface area contributed by atoms with Crippen LogP contribution in [-0.4, -0.2) is 0 Å². The minimum absolute atomic E-state index is 0. The maximum atomic E-state index is 2.12. The predicted molar refractivity (Wildman–Crippen MR) is 51.9 cm³/mol. The van der Waals surface area contributed by atoms with Crippen molar-refractivity contribution in [2.75, 3.05) is 0 Å². The fourth-order valence-electron chi connectivity index (χ4n) is 1.26. The highest BCUT2D eigenvalue weighted by molar-refractivity contribution is 5.62. The van der Waals surface area contributed by atoms with E-state index in [1.807, 2.05) is 12.1 Å². The van der Waals surface area contributed by atoms with Crippen LogP contribution in [0.5, 0.6) is 0 Å². The number of hydrogen-bond acceptors (Lipinski definition) is 0. The SMILES string of the molecule is [Cl-].c1ccc(-c2ccccc2)cc1. The standard InChI is InChI=1S/C12H10.ClH/c1-3-7-11(8-4-1)12-9-5-2-6-10-12;/h1-10H;1H/p-1. The highest BCUT2D eigenvalue weighted by Crippen LogP contribution is 2.17. The smallest absolute Gasteiger partial charge is 0.0184 e. The van der Waals surface area contributed by atoms with Crippen molar-refractivity contribution < 1.29 is 12.4 Å². The minimum Gasteiger partial charge on any atom is -1.00 e. The van der Waals surface area contributed by atoms with Crippen LogP contribution in [0.4, 0.5) is 0 Å². The van der Waals surface area contributed by atoms with Crippen molar-refractivity contribution >= 4 is 0 Å². The average molecular weight is 190 g/mol. The van der Waals surface area contributed by atoms with Crippen LogP contribution in [0.3, 0.4) is 0 Å². The van der Waals surface area contributed by atoms with Crippen LogP contribution >= 0.6 is 0 Å². The monoisotopic (exact) mass is 189 g/mol. The van der Waals surface area contributed by atoms with E-state index in [1.165, 1.54) is 11.1 Å². The van der Waals surface area contributed by atoms with Gasteiger partial charge in [0.2, 0.25) is 0 Å². The lowest BCUT2D eigenvalue weighted by Crippen LogP contribution is -3.00. The Hall–Kier alpha value is -1.27. The Kier molecular flexibility index (Phi) is 3.53. The van der Waals surface area contributed by atoms with Crippen LogP contribution in [0.1, 0.15) is 0 Å². The number of benzene rings is 2. The van der Waals surface area contributed by atoms with Gasteiger partial charge in [-0.25, -0.2) is 0 Å². The van der Waals surface area contributed by atoms with E-state index in [-0.39, 0.29) is 12.4 Å². The molecule has 0 spiro atoms. The molecule has 0 N–H and O–H groups in total. The van der Waals surface area contributed by atoms with Gasteiger partial charge in [0.1, 0.15) is 0 Å². The number of hydrogen-bond donors (Lipinski definition) is 0. The van der Waals surface area contributed by atoms with E-state index >= 15 is 0 Å². The van der Waals surface area contributed by atoms with Gasteiger partial charge in [-0.3, -0.25) is 0 Å². The lowest BCUT2D eigenvalue weighted by Gasteiger charge is -1.98. The van der Waals surface area contributed by atoms with E-state index in [2.05, 4.69) is 48.5 Å². The Bertz CT molecular complexity index is 303. The molecule has 13 heavy (non-hydrogen) atoms. The van der Waals surface area contributed by atoms with Gasteiger partial charge < -0.3 is 12.4 Å². The van der Waals surface area contributed by atoms with Crippen molar-refractivity contribution in [1.82, 2.24) is 0 Å². The largest absolute Gasteiger partial charge is 1.00 e. The van der Waals surface area contributed by atoms with Gasteiger partial charge in [-0.05, 0) is 11.1 Å². The molecule has 0 unspecified atom stereocenters. The Labute approximate surface area is 84.6 Å². The van der Waals surface area contributed by atoms with Gasteiger partial charge in [0.05, 0.1) is 0 Å². The second kappa shape index (κ2) is 4.68. The number of rotatable bonds is 1. The molecular weight excluding hydrogens is 180 g/mol. The molecule has 0 aliphatic heterocycles. The normalized spacial score (nSPS) is 8.92. The first kappa shape index (κ1) is 9.82. The topological polar surface area (TPSA) is 0 Å². The van der Waals surface area contributed by atoms with Gasteiger partial charge in [-0.15, -0.1) is 0 Å². The van der Waals surface area contributed by atoms with Crippen LogP contribution in [0, 0.1) is 0 Å². The Morgan fingerprint density at radius 2 is 0.769 bits per heavy atom. The summed E-state index contributed by atoms with van der Waals surface area (Å²) in [6, 6.07) is 20.8. The highest BCUT2D eigenvalue weighted by Gasteiger charge is 1.91. The highest BCUT2D eigenvalue weighted by atomic mass is 35.5. The first-order valence-electron chi connectivity index (χ1n) is 4.07. The minimum atomic E-state index is 0. The molecular formula is C12H10Cl-. The second-order valence-electron chi connectivity index (χ2n) is 2.73. The van der Waals surface area contributed by atoms with Crippen molar-refractivity contribution in [3.63, 3.8) is 0 Å². The Morgan fingerprint density at radius 3 is 1.08 bits per heavy atom. The lowest BCUT2D eigenvalue weighted by atomic mass is 10.1. The summed E-state index contributed by atoms with van der Waals surface area (Å²) in [6.45, 7) is 0. The summed E-state index contributed by atoms with van der Waals surface area (Å²) in [5.41, 5.74) is 2.55. The maximum Gasteiger partial charge on any atom is -0.0184 e. The molecule has 0 saturated carbocycles. The molecule has 0 saturated heterocycles. The van der Waals surface area contributed by atoms with E-state index < -0.39 is 0 Å². The van der Waals surface area contributed by atoms with Crippen molar-refractivity contribution in [3.8, 4) is 11.1 Å². The van der Waals surface area contributed by atoms with Crippen molar-refractivity contribution in [2.45, 2.75) is 0 Å². The predicted octanol–water partition coefficient (Wildman–Crippen LogP) is 0.358. The van der Waals surface area contributed by atoms with Crippen LogP contribution in [-0.2, 0) is 0 Å². The fourth-order valence-corrected chi connectivity index (χ4v) is 1.26. The average Bonchev–Trinajstić information content (AvgIpc) is 2.21. The first-order chi connectivity index (χ1) is 5.97. The Balaban J connectivity index is 0.000000845. The van der Waals surface area contributed by atoms with Crippen LogP contribution in [0.25, 0.3) is 11.1 Å². The number of halogens is 1. The van der Waals surface area contributed by atoms with E-state index in [4.69, 9.17) is 0 Å². The van der Waals surface area contributed by atoms with Crippen LogP contribution in [0.15, 0.2) is 60.7 Å². The fraction of sp³-hybridized carbons (Fsp3) is 0. The molecule has 0 heterocycles. The third-order valence-electron chi connectivity index (χ3n) is 1.88. The third kappa shape index (κ3) is 2.33. The quantitative estimate of drug-likeness (QED) is 0.608. The molecule has 2 aromatic rings. The summed E-state index contributed by atoms with van der Waals surface area (Å²) in [7, 11) is 0. The molecule has 0 aliphatic carbocycles. The second-order valence-corrected chi connectivity index (χ2v) is 2.73. The summed E-state index contributed by atoms with van der Waals surface area (Å²) >= 11 is 0. The van der Waals surface area contributed by atoms with Gasteiger partial charge in [0.25, 0.3) is 0 Å². The van der Waals surface area contributed by atoms with Gasteiger partial charge in [-0.2, -0.15) is 0 Å². The first-order valence-corrected chi connectivity index (χ1v) is 4.07. The summed E-state index contributed by atoms with van der Waals surface area (Å²) in [4.78, 5) is 0. The molecule has 0 aromatic heterocycles. The molecule has 0 amide bonds.